The molecule has 3 heterocycles. The van der Waals surface area contributed by atoms with E-state index >= 15 is 0 Å². The van der Waals surface area contributed by atoms with Gasteiger partial charge in [0.05, 0.1) is 22.4 Å². The van der Waals surface area contributed by atoms with Crippen molar-refractivity contribution in [2.75, 3.05) is 21.4 Å². The van der Waals surface area contributed by atoms with Gasteiger partial charge in [-0.25, -0.2) is 4.98 Å². The average molecular weight is 834 g/mol. The third-order valence-electron chi connectivity index (χ3n) is 12.6. The zero-order valence-electron chi connectivity index (χ0n) is 35.6. The van der Waals surface area contributed by atoms with Crippen LogP contribution in [0.25, 0.3) is 61.0 Å². The first kappa shape index (κ1) is 38.0. The quantitative estimate of drug-likeness (QED) is 0.145. The van der Waals surface area contributed by atoms with Gasteiger partial charge in [-0.05, 0) is 118 Å². The molecule has 0 N–H and O–H groups in total. The van der Waals surface area contributed by atoms with Crippen LogP contribution in [-0.2, 0) is 0 Å². The molecular formula is C60H43N5. The molecule has 2 aromatic heterocycles. The lowest BCUT2D eigenvalue weighted by Gasteiger charge is -2.28. The molecule has 9 aromatic carbocycles. The topological polar surface area (TPSA) is 27.5 Å². The standard InChI is InChI=1S/C60H43N5/c1-5-19-43(20-6-1)51-30-18-31-52(44-21-7-2-8-22-44)60(51)45-37-38-61-59(39-45)65-55-32-14-13-29-53(55)54-36-35-50(41-58(54)65)64(47-25-11-4-12-26-47)49-28-17-27-48(40-49)63-42-62(46-23-9-3-10-24-46)56-33-15-16-34-57(56)63/h1-41H,42H2. The molecule has 0 saturated heterocycles. The van der Waals surface area contributed by atoms with Gasteiger partial charge < -0.3 is 14.7 Å². The normalized spacial score (nSPS) is 12.2. The van der Waals surface area contributed by atoms with E-state index in [0.29, 0.717) is 6.67 Å². The van der Waals surface area contributed by atoms with Gasteiger partial charge in [-0.3, -0.25) is 4.57 Å². The Morgan fingerprint density at radius 2 is 0.908 bits per heavy atom. The van der Waals surface area contributed by atoms with Crippen molar-refractivity contribution < 1.29 is 0 Å². The summed E-state index contributed by atoms with van der Waals surface area (Å²) in [5, 5.41) is 2.35. The SMILES string of the molecule is c1ccc(-c2cccc(-c3ccccc3)c2-c2ccnc(-n3c4ccccc4c4ccc(N(c5ccccc5)c5cccc(N6CN(c7ccccc7)c7ccccc76)c5)cc43)c2)cc1. The van der Waals surface area contributed by atoms with Crippen LogP contribution in [0.3, 0.4) is 0 Å². The number of hydrogen-bond donors (Lipinski definition) is 0. The monoisotopic (exact) mass is 833 g/mol. The van der Waals surface area contributed by atoms with Gasteiger partial charge in [-0.15, -0.1) is 0 Å². The second-order valence-corrected chi connectivity index (χ2v) is 16.4. The minimum atomic E-state index is 0.707. The Labute approximate surface area is 379 Å². The second-order valence-electron chi connectivity index (χ2n) is 16.4. The number of aromatic nitrogens is 2. The highest BCUT2D eigenvalue weighted by Gasteiger charge is 2.28. The fourth-order valence-electron chi connectivity index (χ4n) is 9.71. The van der Waals surface area contributed by atoms with Crippen LogP contribution in [-0.4, -0.2) is 16.2 Å². The van der Waals surface area contributed by atoms with Crippen molar-refractivity contribution >= 4 is 61.6 Å². The molecule has 0 fully saturated rings. The van der Waals surface area contributed by atoms with Gasteiger partial charge in [0.15, 0.2) is 0 Å². The summed E-state index contributed by atoms with van der Waals surface area (Å²) in [5.74, 6) is 0.858. The van der Waals surface area contributed by atoms with Crippen LogP contribution in [0.15, 0.2) is 249 Å². The van der Waals surface area contributed by atoms with E-state index in [0.717, 1.165) is 45.2 Å². The minimum Gasteiger partial charge on any atom is -0.321 e. The summed E-state index contributed by atoms with van der Waals surface area (Å²) in [5.41, 5.74) is 17.0. The van der Waals surface area contributed by atoms with Crippen molar-refractivity contribution in [1.29, 1.82) is 0 Å². The van der Waals surface area contributed by atoms with Crippen LogP contribution in [0.4, 0.5) is 39.8 Å². The summed E-state index contributed by atoms with van der Waals surface area (Å²) in [6.45, 7) is 0.707. The van der Waals surface area contributed by atoms with E-state index in [1.165, 1.54) is 55.7 Å². The molecule has 1 aliphatic rings. The molecular weight excluding hydrogens is 791 g/mol. The molecule has 0 saturated carbocycles. The number of anilines is 7. The molecule has 5 heteroatoms. The first-order valence-corrected chi connectivity index (χ1v) is 22.2. The molecule has 0 bridgehead atoms. The Morgan fingerprint density at radius 1 is 0.369 bits per heavy atom. The van der Waals surface area contributed by atoms with Crippen molar-refractivity contribution in [3.63, 3.8) is 0 Å². The molecule has 11 aromatic rings. The lowest BCUT2D eigenvalue weighted by Crippen LogP contribution is -2.24. The van der Waals surface area contributed by atoms with Crippen molar-refractivity contribution in [2.45, 2.75) is 0 Å². The minimum absolute atomic E-state index is 0.707. The Balaban J connectivity index is 1.01. The van der Waals surface area contributed by atoms with Crippen LogP contribution in [0.2, 0.25) is 0 Å². The van der Waals surface area contributed by atoms with Crippen molar-refractivity contribution in [1.82, 2.24) is 9.55 Å². The highest BCUT2D eigenvalue weighted by atomic mass is 15.4. The third kappa shape index (κ3) is 6.78. The molecule has 0 unspecified atom stereocenters. The number of pyridine rings is 1. The van der Waals surface area contributed by atoms with E-state index in [2.05, 4.69) is 262 Å². The number of hydrogen-bond acceptors (Lipinski definition) is 4. The number of nitrogens with zero attached hydrogens (tertiary/aromatic N) is 5. The molecule has 65 heavy (non-hydrogen) atoms. The summed E-state index contributed by atoms with van der Waals surface area (Å²) < 4.78 is 2.34. The summed E-state index contributed by atoms with van der Waals surface area (Å²) >= 11 is 0. The van der Waals surface area contributed by atoms with E-state index in [-0.39, 0.29) is 0 Å². The van der Waals surface area contributed by atoms with E-state index in [1.807, 2.05) is 6.20 Å². The van der Waals surface area contributed by atoms with Crippen molar-refractivity contribution in [3.8, 4) is 39.2 Å². The van der Waals surface area contributed by atoms with Gasteiger partial charge in [-0.2, -0.15) is 0 Å². The van der Waals surface area contributed by atoms with Crippen molar-refractivity contribution in [3.05, 3.63) is 249 Å². The van der Waals surface area contributed by atoms with E-state index < -0.39 is 0 Å². The summed E-state index contributed by atoms with van der Waals surface area (Å²) in [4.78, 5) is 12.3. The predicted octanol–water partition coefficient (Wildman–Crippen LogP) is 15.9. The second kappa shape index (κ2) is 16.2. The highest BCUT2D eigenvalue weighted by Crippen LogP contribution is 2.47. The maximum absolute atomic E-state index is 5.15. The van der Waals surface area contributed by atoms with Gasteiger partial charge >= 0.3 is 0 Å². The zero-order chi connectivity index (χ0) is 43.1. The fourth-order valence-corrected chi connectivity index (χ4v) is 9.71. The number of benzene rings is 9. The van der Waals surface area contributed by atoms with Crippen LogP contribution in [0.1, 0.15) is 0 Å². The molecule has 1 aliphatic heterocycles. The summed E-state index contributed by atoms with van der Waals surface area (Å²) in [6, 6.07) is 86.9. The first-order chi connectivity index (χ1) is 32.3. The molecule has 0 amide bonds. The fraction of sp³-hybridized carbons (Fsp3) is 0.0167. The van der Waals surface area contributed by atoms with Gasteiger partial charge in [0, 0.05) is 45.4 Å². The number of rotatable bonds is 9. The van der Waals surface area contributed by atoms with E-state index in [1.54, 1.807) is 0 Å². The van der Waals surface area contributed by atoms with Gasteiger partial charge in [0.2, 0.25) is 0 Å². The largest absolute Gasteiger partial charge is 0.321 e. The third-order valence-corrected chi connectivity index (χ3v) is 12.6. The van der Waals surface area contributed by atoms with Gasteiger partial charge in [0.25, 0.3) is 0 Å². The van der Waals surface area contributed by atoms with Crippen LogP contribution in [0, 0.1) is 0 Å². The molecule has 12 rings (SSSR count). The molecule has 308 valence electrons. The predicted molar refractivity (Wildman–Crippen MR) is 272 cm³/mol. The Hall–Kier alpha value is -8.67. The molecule has 0 atom stereocenters. The zero-order valence-corrected chi connectivity index (χ0v) is 35.6. The van der Waals surface area contributed by atoms with E-state index in [4.69, 9.17) is 4.98 Å². The summed E-state index contributed by atoms with van der Waals surface area (Å²) in [6.07, 6.45) is 1.96. The Kier molecular flexibility index (Phi) is 9.50. The van der Waals surface area contributed by atoms with Crippen molar-refractivity contribution in [2.24, 2.45) is 0 Å². The lowest BCUT2D eigenvalue weighted by molar-refractivity contribution is 0.990. The van der Waals surface area contributed by atoms with Crippen LogP contribution < -0.4 is 14.7 Å². The Bertz CT molecular complexity index is 3420. The molecule has 5 nitrogen and oxygen atoms in total. The van der Waals surface area contributed by atoms with Gasteiger partial charge in [-0.1, -0.05) is 158 Å². The molecule has 0 aliphatic carbocycles. The molecule has 0 radical (unpaired) electrons. The summed E-state index contributed by atoms with van der Waals surface area (Å²) in [7, 11) is 0. The van der Waals surface area contributed by atoms with Crippen LogP contribution in [0.5, 0.6) is 0 Å². The lowest BCUT2D eigenvalue weighted by atomic mass is 9.88. The maximum Gasteiger partial charge on any atom is 0.138 e. The van der Waals surface area contributed by atoms with E-state index in [9.17, 15) is 0 Å². The maximum atomic E-state index is 5.15. The number of para-hydroxylation sites is 5. The first-order valence-electron chi connectivity index (χ1n) is 22.2. The van der Waals surface area contributed by atoms with Gasteiger partial charge in [0.1, 0.15) is 12.5 Å². The highest BCUT2D eigenvalue weighted by molar-refractivity contribution is 6.10. The Morgan fingerprint density at radius 3 is 1.62 bits per heavy atom. The molecule has 0 spiro atoms. The number of fused-ring (bicyclic) bond motifs is 4. The smallest absolute Gasteiger partial charge is 0.138 e. The average Bonchev–Trinajstić information content (AvgIpc) is 3.94. The van der Waals surface area contributed by atoms with Crippen LogP contribution >= 0.6 is 0 Å².